The molecular weight excluding hydrogens is 445 g/mol. The van der Waals surface area contributed by atoms with E-state index < -0.39 is 0 Å². The highest BCUT2D eigenvalue weighted by Crippen LogP contribution is 2.21. The van der Waals surface area contributed by atoms with E-state index in [1.165, 1.54) is 11.8 Å². The molecule has 0 bridgehead atoms. The minimum Gasteiger partial charge on any atom is -0.352 e. The summed E-state index contributed by atoms with van der Waals surface area (Å²) in [6.45, 7) is 0.422. The molecular formula is C20H19Cl2N5O2S. The van der Waals surface area contributed by atoms with Crippen LogP contribution in [0.25, 0.3) is 0 Å². The molecule has 0 fully saturated rings. The Hall–Kier alpha value is -2.55. The normalized spacial score (nSPS) is 10.6. The van der Waals surface area contributed by atoms with E-state index >= 15 is 0 Å². The highest BCUT2D eigenvalue weighted by Gasteiger charge is 2.10. The molecule has 156 valence electrons. The maximum absolute atomic E-state index is 12.4. The summed E-state index contributed by atoms with van der Waals surface area (Å²) < 4.78 is 1.74. The molecule has 2 amide bonds. The van der Waals surface area contributed by atoms with Gasteiger partial charge in [-0.3, -0.25) is 9.59 Å². The van der Waals surface area contributed by atoms with E-state index in [4.69, 9.17) is 23.2 Å². The van der Waals surface area contributed by atoms with Gasteiger partial charge < -0.3 is 15.2 Å². The molecule has 0 saturated carbocycles. The number of halogens is 2. The minimum atomic E-state index is -0.232. The largest absolute Gasteiger partial charge is 0.352 e. The van der Waals surface area contributed by atoms with Crippen LogP contribution in [0.4, 0.5) is 5.69 Å². The summed E-state index contributed by atoms with van der Waals surface area (Å²) in [5.74, 6) is -0.243. The first kappa shape index (κ1) is 22.1. The Morgan fingerprint density at radius 1 is 1.17 bits per heavy atom. The summed E-state index contributed by atoms with van der Waals surface area (Å²) in [5.41, 5.74) is 1.91. The van der Waals surface area contributed by atoms with Gasteiger partial charge in [-0.15, -0.1) is 10.2 Å². The van der Waals surface area contributed by atoms with E-state index in [-0.39, 0.29) is 17.6 Å². The third-order valence-electron chi connectivity index (χ3n) is 4.11. The molecule has 30 heavy (non-hydrogen) atoms. The summed E-state index contributed by atoms with van der Waals surface area (Å²) in [7, 11) is 1.81. The van der Waals surface area contributed by atoms with Crippen LogP contribution in [0.3, 0.4) is 0 Å². The van der Waals surface area contributed by atoms with Gasteiger partial charge in [-0.2, -0.15) is 0 Å². The lowest BCUT2D eigenvalue weighted by atomic mass is 10.1. The monoisotopic (exact) mass is 463 g/mol. The van der Waals surface area contributed by atoms with Crippen molar-refractivity contribution in [3.8, 4) is 0 Å². The molecule has 0 spiro atoms. The number of aromatic nitrogens is 3. The van der Waals surface area contributed by atoms with Crippen LogP contribution in [0, 0.1) is 0 Å². The van der Waals surface area contributed by atoms with Crippen molar-refractivity contribution in [2.24, 2.45) is 7.05 Å². The van der Waals surface area contributed by atoms with Crippen molar-refractivity contribution in [1.82, 2.24) is 20.1 Å². The van der Waals surface area contributed by atoms with E-state index in [1.54, 1.807) is 47.3 Å². The molecule has 0 atom stereocenters. The zero-order valence-corrected chi connectivity index (χ0v) is 18.4. The van der Waals surface area contributed by atoms with Gasteiger partial charge >= 0.3 is 0 Å². The van der Waals surface area contributed by atoms with Gasteiger partial charge in [0.2, 0.25) is 5.91 Å². The van der Waals surface area contributed by atoms with Crippen molar-refractivity contribution < 1.29 is 9.59 Å². The molecule has 0 unspecified atom stereocenters. The number of anilines is 1. The van der Waals surface area contributed by atoms with Crippen molar-refractivity contribution in [3.63, 3.8) is 0 Å². The van der Waals surface area contributed by atoms with Gasteiger partial charge in [-0.1, -0.05) is 47.1 Å². The summed E-state index contributed by atoms with van der Waals surface area (Å²) >= 11 is 13.3. The van der Waals surface area contributed by atoms with Crippen molar-refractivity contribution in [1.29, 1.82) is 0 Å². The maximum Gasteiger partial charge on any atom is 0.251 e. The van der Waals surface area contributed by atoms with Crippen molar-refractivity contribution in [3.05, 3.63) is 70.0 Å². The fourth-order valence-corrected chi connectivity index (χ4v) is 3.80. The Kier molecular flexibility index (Phi) is 7.73. The predicted molar refractivity (Wildman–Crippen MR) is 119 cm³/mol. The average Bonchev–Trinajstić information content (AvgIpc) is 3.13. The highest BCUT2D eigenvalue weighted by molar-refractivity contribution is 7.99. The van der Waals surface area contributed by atoms with E-state index in [2.05, 4.69) is 20.8 Å². The first-order valence-electron chi connectivity index (χ1n) is 9.01. The molecule has 3 aromatic rings. The lowest BCUT2D eigenvalue weighted by Gasteiger charge is -2.09. The summed E-state index contributed by atoms with van der Waals surface area (Å²) in [6, 6.07) is 12.1. The van der Waals surface area contributed by atoms with Crippen molar-refractivity contribution in [2.75, 3.05) is 17.6 Å². The smallest absolute Gasteiger partial charge is 0.251 e. The van der Waals surface area contributed by atoms with Crippen LogP contribution >= 0.6 is 35.0 Å². The minimum absolute atomic E-state index is 0.185. The number of nitrogens with one attached hydrogen (secondary N) is 2. The van der Waals surface area contributed by atoms with Crippen LogP contribution in [0.15, 0.2) is 53.9 Å². The first-order valence-corrected chi connectivity index (χ1v) is 10.8. The number of amides is 2. The number of rotatable bonds is 8. The Labute approximate surface area is 188 Å². The lowest BCUT2D eigenvalue weighted by Crippen LogP contribution is -2.26. The second kappa shape index (κ2) is 10.5. The summed E-state index contributed by atoms with van der Waals surface area (Å²) in [6.07, 6.45) is 2.15. The van der Waals surface area contributed by atoms with Gasteiger partial charge in [-0.05, 0) is 42.3 Å². The Bertz CT molecular complexity index is 1060. The highest BCUT2D eigenvalue weighted by atomic mass is 35.5. The Morgan fingerprint density at radius 2 is 2.00 bits per heavy atom. The van der Waals surface area contributed by atoms with Gasteiger partial charge in [-0.25, -0.2) is 0 Å². The van der Waals surface area contributed by atoms with E-state index in [9.17, 15) is 9.59 Å². The van der Waals surface area contributed by atoms with Crippen molar-refractivity contribution in [2.45, 2.75) is 11.6 Å². The maximum atomic E-state index is 12.4. The van der Waals surface area contributed by atoms with E-state index in [0.29, 0.717) is 39.4 Å². The number of nitrogens with zero attached hydrogens (tertiary/aromatic N) is 3. The molecule has 0 aliphatic rings. The molecule has 0 aliphatic carbocycles. The molecule has 1 heterocycles. The fourth-order valence-electron chi connectivity index (χ4n) is 2.61. The molecule has 7 nitrogen and oxygen atoms in total. The SMILES string of the molecule is Cn1cnnc1SCC(=O)Nc1cccc(C(=O)NCCc2ccc(Cl)cc2Cl)c1. The molecule has 0 radical (unpaired) electrons. The number of aryl methyl sites for hydroxylation is 1. The fraction of sp³-hybridized carbons (Fsp3) is 0.200. The third kappa shape index (κ3) is 6.22. The number of carbonyl (C=O) groups is 2. The molecule has 3 rings (SSSR count). The number of benzene rings is 2. The second-order valence-electron chi connectivity index (χ2n) is 6.38. The first-order chi connectivity index (χ1) is 14.4. The molecule has 0 saturated heterocycles. The predicted octanol–water partition coefficient (Wildman–Crippen LogP) is 3.83. The van der Waals surface area contributed by atoms with Crippen LogP contribution < -0.4 is 10.6 Å². The zero-order chi connectivity index (χ0) is 21.5. The average molecular weight is 464 g/mol. The van der Waals surface area contributed by atoms with Crippen LogP contribution in [0.5, 0.6) is 0 Å². The van der Waals surface area contributed by atoms with E-state index in [1.807, 2.05) is 13.1 Å². The van der Waals surface area contributed by atoms with Gasteiger partial charge in [0, 0.05) is 34.9 Å². The zero-order valence-electron chi connectivity index (χ0n) is 16.1. The van der Waals surface area contributed by atoms with Gasteiger partial charge in [0.1, 0.15) is 6.33 Å². The Balaban J connectivity index is 1.50. The molecule has 2 N–H and O–H groups in total. The molecule has 2 aromatic carbocycles. The number of carbonyl (C=O) groups excluding carboxylic acids is 2. The van der Waals surface area contributed by atoms with Crippen LogP contribution in [-0.4, -0.2) is 38.9 Å². The van der Waals surface area contributed by atoms with Gasteiger partial charge in [0.05, 0.1) is 5.75 Å². The summed E-state index contributed by atoms with van der Waals surface area (Å²) in [4.78, 5) is 24.6. The Morgan fingerprint density at radius 3 is 2.73 bits per heavy atom. The standard InChI is InChI=1S/C20H19Cl2N5O2S/c1-27-12-24-26-20(27)30-11-18(28)25-16-4-2-3-14(9-16)19(29)23-8-7-13-5-6-15(21)10-17(13)22/h2-6,9-10,12H,7-8,11H2,1H3,(H,23,29)(H,25,28). The topological polar surface area (TPSA) is 88.9 Å². The number of hydrogen-bond acceptors (Lipinski definition) is 5. The number of thioether (sulfide) groups is 1. The molecule has 0 aliphatic heterocycles. The third-order valence-corrected chi connectivity index (χ3v) is 5.73. The second-order valence-corrected chi connectivity index (χ2v) is 8.17. The van der Waals surface area contributed by atoms with Gasteiger partial charge in [0.15, 0.2) is 5.16 Å². The molecule has 1 aromatic heterocycles. The summed E-state index contributed by atoms with van der Waals surface area (Å²) in [5, 5.41) is 15.1. The van der Waals surface area contributed by atoms with Crippen LogP contribution in [0.2, 0.25) is 10.0 Å². The van der Waals surface area contributed by atoms with Crippen molar-refractivity contribution >= 4 is 52.5 Å². The van der Waals surface area contributed by atoms with Gasteiger partial charge in [0.25, 0.3) is 5.91 Å². The van der Waals surface area contributed by atoms with Crippen LogP contribution in [0.1, 0.15) is 15.9 Å². The van der Waals surface area contributed by atoms with E-state index in [0.717, 1.165) is 5.56 Å². The van der Waals surface area contributed by atoms with Crippen LogP contribution in [-0.2, 0) is 18.3 Å². The molecule has 10 heteroatoms. The quantitative estimate of drug-likeness (QED) is 0.495. The lowest BCUT2D eigenvalue weighted by molar-refractivity contribution is -0.113. The number of hydrogen-bond donors (Lipinski definition) is 2.